The maximum absolute atomic E-state index is 12.5. The summed E-state index contributed by atoms with van der Waals surface area (Å²) >= 11 is 4.66. The van der Waals surface area contributed by atoms with E-state index in [1.165, 1.54) is 11.8 Å². The van der Waals surface area contributed by atoms with Crippen LogP contribution < -0.4 is 10.8 Å². The summed E-state index contributed by atoms with van der Waals surface area (Å²) in [7, 11) is 0. The predicted molar refractivity (Wildman–Crippen MR) is 122 cm³/mol. The van der Waals surface area contributed by atoms with Crippen molar-refractivity contribution < 1.29 is 4.79 Å². The Kier molecular flexibility index (Phi) is 5.74. The van der Waals surface area contributed by atoms with Gasteiger partial charge >= 0.3 is 0 Å². The number of halogens is 1. The molecule has 152 valence electrons. The van der Waals surface area contributed by atoms with E-state index in [4.69, 9.17) is 5.41 Å². The SMILES string of the molecule is Cc1ccccc1-n1c(SCC(=O)Nc2ccc(Br)cc2)nc2n[nH]c(C)c2c1=N. The van der Waals surface area contributed by atoms with Gasteiger partial charge < -0.3 is 5.32 Å². The lowest BCUT2D eigenvalue weighted by molar-refractivity contribution is -0.113. The molecule has 4 aromatic rings. The molecule has 0 aliphatic heterocycles. The smallest absolute Gasteiger partial charge is 0.234 e. The van der Waals surface area contributed by atoms with Gasteiger partial charge in [0.15, 0.2) is 10.8 Å². The van der Waals surface area contributed by atoms with Crippen molar-refractivity contribution in [1.29, 1.82) is 5.41 Å². The lowest BCUT2D eigenvalue weighted by Gasteiger charge is -2.15. The largest absolute Gasteiger partial charge is 0.325 e. The number of aromatic amines is 1. The Balaban J connectivity index is 1.68. The third-order valence-electron chi connectivity index (χ3n) is 4.60. The summed E-state index contributed by atoms with van der Waals surface area (Å²) in [6.07, 6.45) is 0. The zero-order valence-corrected chi connectivity index (χ0v) is 18.8. The number of rotatable bonds is 5. The molecule has 30 heavy (non-hydrogen) atoms. The highest BCUT2D eigenvalue weighted by atomic mass is 79.9. The number of anilines is 1. The minimum absolute atomic E-state index is 0.148. The standard InChI is InChI=1S/C21H19BrN6OS/c1-12-5-3-4-6-16(12)28-19(23)18-13(2)26-27-20(18)25-21(28)30-11-17(29)24-15-9-7-14(22)8-10-15/h3-10,23H,11H2,1-2H3,(H,24,29)(H,26,27). The highest BCUT2D eigenvalue weighted by Crippen LogP contribution is 2.23. The summed E-state index contributed by atoms with van der Waals surface area (Å²) < 4.78 is 2.72. The molecule has 0 saturated heterocycles. The Bertz CT molecular complexity index is 1300. The molecule has 0 atom stereocenters. The quantitative estimate of drug-likeness (QED) is 0.291. The molecule has 3 N–H and O–H groups in total. The number of hydrogen-bond donors (Lipinski definition) is 3. The van der Waals surface area contributed by atoms with Crippen molar-refractivity contribution in [2.75, 3.05) is 11.1 Å². The second-order valence-electron chi connectivity index (χ2n) is 6.76. The van der Waals surface area contributed by atoms with Gasteiger partial charge in [0, 0.05) is 15.9 Å². The molecule has 0 fully saturated rings. The van der Waals surface area contributed by atoms with E-state index in [9.17, 15) is 4.79 Å². The van der Waals surface area contributed by atoms with Crippen LogP contribution in [0.25, 0.3) is 16.7 Å². The summed E-state index contributed by atoms with van der Waals surface area (Å²) in [4.78, 5) is 17.1. The molecule has 0 bridgehead atoms. The topological polar surface area (TPSA) is 99.4 Å². The maximum atomic E-state index is 12.5. The van der Waals surface area contributed by atoms with Crippen LogP contribution in [0.15, 0.2) is 58.2 Å². The van der Waals surface area contributed by atoms with Crippen molar-refractivity contribution in [3.8, 4) is 5.69 Å². The van der Waals surface area contributed by atoms with Gasteiger partial charge in [-0.05, 0) is 49.7 Å². The van der Waals surface area contributed by atoms with Gasteiger partial charge in [0.1, 0.15) is 5.49 Å². The monoisotopic (exact) mass is 482 g/mol. The van der Waals surface area contributed by atoms with Crippen molar-refractivity contribution >= 4 is 50.3 Å². The van der Waals surface area contributed by atoms with Crippen LogP contribution in [-0.2, 0) is 4.79 Å². The van der Waals surface area contributed by atoms with E-state index in [0.717, 1.165) is 27.1 Å². The summed E-state index contributed by atoms with van der Waals surface area (Å²) in [6.45, 7) is 3.86. The number of carbonyl (C=O) groups excluding carboxylic acids is 1. The third kappa shape index (κ3) is 4.03. The molecule has 0 spiro atoms. The van der Waals surface area contributed by atoms with Gasteiger partial charge in [-0.1, -0.05) is 45.9 Å². The van der Waals surface area contributed by atoms with E-state index in [2.05, 4.69) is 36.4 Å². The first-order valence-electron chi connectivity index (χ1n) is 9.20. The Morgan fingerprint density at radius 3 is 2.67 bits per heavy atom. The number of thioether (sulfide) groups is 1. The molecular formula is C21H19BrN6OS. The molecule has 2 aromatic carbocycles. The zero-order valence-electron chi connectivity index (χ0n) is 16.4. The highest BCUT2D eigenvalue weighted by molar-refractivity contribution is 9.10. The van der Waals surface area contributed by atoms with Crippen LogP contribution in [-0.4, -0.2) is 31.4 Å². The molecule has 4 rings (SSSR count). The lowest BCUT2D eigenvalue weighted by atomic mass is 10.2. The molecule has 7 nitrogen and oxygen atoms in total. The number of nitrogens with zero attached hydrogens (tertiary/aromatic N) is 3. The van der Waals surface area contributed by atoms with Crippen LogP contribution in [0.2, 0.25) is 0 Å². The summed E-state index contributed by atoms with van der Waals surface area (Å²) in [5.41, 5.74) is 4.14. The van der Waals surface area contributed by atoms with E-state index in [1.54, 1.807) is 4.57 Å². The average molecular weight is 483 g/mol. The van der Waals surface area contributed by atoms with Crippen molar-refractivity contribution in [2.24, 2.45) is 0 Å². The van der Waals surface area contributed by atoms with Gasteiger partial charge in [0.25, 0.3) is 0 Å². The average Bonchev–Trinajstić information content (AvgIpc) is 3.10. The summed E-state index contributed by atoms with van der Waals surface area (Å²) in [6, 6.07) is 15.2. The molecule has 0 saturated carbocycles. The Labute approximate surface area is 185 Å². The fraction of sp³-hybridized carbons (Fsp3) is 0.143. The van der Waals surface area contributed by atoms with Crippen LogP contribution in [0.4, 0.5) is 5.69 Å². The van der Waals surface area contributed by atoms with Crippen molar-refractivity contribution in [1.82, 2.24) is 19.7 Å². The summed E-state index contributed by atoms with van der Waals surface area (Å²) in [5.74, 6) is 0.00817. The second-order valence-corrected chi connectivity index (χ2v) is 8.61. The van der Waals surface area contributed by atoms with Gasteiger partial charge in [-0.15, -0.1) is 0 Å². The number of hydrogen-bond acceptors (Lipinski definition) is 5. The number of carbonyl (C=O) groups is 1. The normalized spacial score (nSPS) is 11.0. The second kappa shape index (κ2) is 8.45. The van der Waals surface area contributed by atoms with Gasteiger partial charge in [0.2, 0.25) is 5.91 Å². The molecule has 9 heteroatoms. The van der Waals surface area contributed by atoms with Crippen molar-refractivity contribution in [2.45, 2.75) is 19.0 Å². The van der Waals surface area contributed by atoms with E-state index in [0.29, 0.717) is 16.2 Å². The molecule has 2 heterocycles. The molecule has 0 radical (unpaired) electrons. The minimum atomic E-state index is -0.148. The van der Waals surface area contributed by atoms with E-state index < -0.39 is 0 Å². The minimum Gasteiger partial charge on any atom is -0.325 e. The Morgan fingerprint density at radius 1 is 1.20 bits per heavy atom. The molecule has 1 amide bonds. The number of H-pyrrole nitrogens is 1. The number of aromatic nitrogens is 4. The van der Waals surface area contributed by atoms with Crippen LogP contribution in [0.1, 0.15) is 11.3 Å². The number of fused-ring (bicyclic) bond motifs is 1. The highest BCUT2D eigenvalue weighted by Gasteiger charge is 2.17. The first-order valence-corrected chi connectivity index (χ1v) is 11.0. The number of para-hydroxylation sites is 1. The molecule has 0 aliphatic carbocycles. The molecular weight excluding hydrogens is 464 g/mol. The van der Waals surface area contributed by atoms with Gasteiger partial charge in [-0.2, -0.15) is 5.10 Å². The first-order chi connectivity index (χ1) is 14.4. The van der Waals surface area contributed by atoms with Crippen molar-refractivity contribution in [3.05, 3.63) is 69.7 Å². The van der Waals surface area contributed by atoms with Crippen LogP contribution >= 0.6 is 27.7 Å². The lowest BCUT2D eigenvalue weighted by Crippen LogP contribution is -2.23. The number of nitrogens with one attached hydrogen (secondary N) is 3. The zero-order chi connectivity index (χ0) is 21.3. The van der Waals surface area contributed by atoms with Crippen LogP contribution in [0.3, 0.4) is 0 Å². The number of benzene rings is 2. The fourth-order valence-corrected chi connectivity index (χ4v) is 4.19. The van der Waals surface area contributed by atoms with E-state index in [-0.39, 0.29) is 17.1 Å². The Hall–Kier alpha value is -2.91. The van der Waals surface area contributed by atoms with E-state index in [1.807, 2.05) is 62.4 Å². The number of aryl methyl sites for hydroxylation is 2. The van der Waals surface area contributed by atoms with Crippen LogP contribution in [0.5, 0.6) is 0 Å². The first kappa shape index (κ1) is 20.4. The van der Waals surface area contributed by atoms with Gasteiger partial charge in [0.05, 0.1) is 16.8 Å². The van der Waals surface area contributed by atoms with Gasteiger partial charge in [-0.25, -0.2) is 4.98 Å². The number of amides is 1. The van der Waals surface area contributed by atoms with Gasteiger partial charge in [-0.3, -0.25) is 19.9 Å². The van der Waals surface area contributed by atoms with Crippen LogP contribution in [0, 0.1) is 19.3 Å². The molecule has 0 aliphatic rings. The van der Waals surface area contributed by atoms with Crippen molar-refractivity contribution in [3.63, 3.8) is 0 Å². The fourth-order valence-electron chi connectivity index (χ4n) is 3.12. The van der Waals surface area contributed by atoms with E-state index >= 15 is 0 Å². The summed E-state index contributed by atoms with van der Waals surface area (Å²) in [5, 5.41) is 20.0. The predicted octanol–water partition coefficient (Wildman–Crippen LogP) is 4.34. The third-order valence-corrected chi connectivity index (χ3v) is 6.07. The molecule has 2 aromatic heterocycles. The Morgan fingerprint density at radius 2 is 1.93 bits per heavy atom. The molecule has 0 unspecified atom stereocenters. The maximum Gasteiger partial charge on any atom is 0.234 e.